The molecule has 4 nitrogen and oxygen atoms in total. The molecule has 0 radical (unpaired) electrons. The van der Waals surface area contributed by atoms with E-state index in [0.29, 0.717) is 18.3 Å². The maximum Gasteiger partial charge on any atom is 0.233 e. The first kappa shape index (κ1) is 10.3. The van der Waals surface area contributed by atoms with Crippen molar-refractivity contribution in [1.82, 2.24) is 15.5 Å². The molecule has 0 aromatic carbocycles. The lowest BCUT2D eigenvalue weighted by Gasteiger charge is -2.01. The third kappa shape index (κ3) is 2.24. The molecule has 5 heteroatoms. The fraction of sp³-hybridized carbons (Fsp3) is 0.400. The van der Waals surface area contributed by atoms with E-state index in [0.717, 1.165) is 0 Å². The van der Waals surface area contributed by atoms with Gasteiger partial charge in [-0.3, -0.25) is 0 Å². The minimum atomic E-state index is 0.175. The van der Waals surface area contributed by atoms with Gasteiger partial charge in [-0.25, -0.2) is 0 Å². The van der Waals surface area contributed by atoms with E-state index in [2.05, 4.69) is 39.2 Å². The predicted molar refractivity (Wildman–Crippen MR) is 58.9 cm³/mol. The van der Waals surface area contributed by atoms with Crippen LogP contribution in [-0.2, 0) is 6.54 Å². The third-order valence-corrected chi connectivity index (χ3v) is 2.93. The molecular formula is C10H13N3OS. The van der Waals surface area contributed by atoms with Crippen LogP contribution in [0.25, 0.3) is 0 Å². The Balaban J connectivity index is 2.15. The Morgan fingerprint density at radius 2 is 2.47 bits per heavy atom. The summed E-state index contributed by atoms with van der Waals surface area (Å²) in [5.74, 6) is 1.56. The van der Waals surface area contributed by atoms with Crippen LogP contribution in [-0.4, -0.2) is 17.2 Å². The molecule has 1 unspecified atom stereocenters. The van der Waals surface area contributed by atoms with Gasteiger partial charge < -0.3 is 9.84 Å². The summed E-state index contributed by atoms with van der Waals surface area (Å²) in [5, 5.41) is 11.0. The molecule has 0 aliphatic heterocycles. The summed E-state index contributed by atoms with van der Waals surface area (Å²) in [6.45, 7) is 2.71. The average Bonchev–Trinajstić information content (AvgIpc) is 2.87. The summed E-state index contributed by atoms with van der Waals surface area (Å²) >= 11 is 1.68. The van der Waals surface area contributed by atoms with E-state index in [1.54, 1.807) is 11.3 Å². The minimum absolute atomic E-state index is 0.175. The second-order valence-electron chi connectivity index (χ2n) is 3.36. The summed E-state index contributed by atoms with van der Waals surface area (Å²) in [6, 6.07) is 2.08. The van der Waals surface area contributed by atoms with Crippen LogP contribution in [0.3, 0.4) is 0 Å². The summed E-state index contributed by atoms with van der Waals surface area (Å²) in [6.07, 6.45) is 0. The average molecular weight is 223 g/mol. The molecule has 0 saturated carbocycles. The molecule has 2 rings (SSSR count). The highest BCUT2D eigenvalue weighted by molar-refractivity contribution is 7.07. The molecular weight excluding hydrogens is 210 g/mol. The van der Waals surface area contributed by atoms with Gasteiger partial charge in [0.1, 0.15) is 0 Å². The first-order chi connectivity index (χ1) is 7.31. The van der Waals surface area contributed by atoms with Crippen LogP contribution in [0.2, 0.25) is 0 Å². The Morgan fingerprint density at radius 3 is 3.13 bits per heavy atom. The molecule has 2 aromatic heterocycles. The molecule has 0 saturated heterocycles. The zero-order chi connectivity index (χ0) is 10.7. The quantitative estimate of drug-likeness (QED) is 0.861. The Hall–Kier alpha value is -1.20. The van der Waals surface area contributed by atoms with Gasteiger partial charge in [0.15, 0.2) is 5.82 Å². The molecule has 2 heterocycles. The third-order valence-electron chi connectivity index (χ3n) is 2.23. The summed E-state index contributed by atoms with van der Waals surface area (Å²) in [7, 11) is 1.86. The monoisotopic (exact) mass is 223 g/mol. The molecule has 0 aliphatic carbocycles. The SMILES string of the molecule is CNCc1noc(C(C)c2ccsc2)n1. The van der Waals surface area contributed by atoms with Crippen molar-refractivity contribution in [2.45, 2.75) is 19.4 Å². The van der Waals surface area contributed by atoms with Gasteiger partial charge >= 0.3 is 0 Å². The second-order valence-corrected chi connectivity index (χ2v) is 4.14. The van der Waals surface area contributed by atoms with Gasteiger partial charge in [-0.2, -0.15) is 16.3 Å². The Kier molecular flexibility index (Phi) is 3.13. The molecule has 15 heavy (non-hydrogen) atoms. The molecule has 0 spiro atoms. The highest BCUT2D eigenvalue weighted by Gasteiger charge is 2.15. The van der Waals surface area contributed by atoms with E-state index in [1.807, 2.05) is 7.05 Å². The number of hydrogen-bond donors (Lipinski definition) is 1. The predicted octanol–water partition coefficient (Wildman–Crippen LogP) is 2.00. The van der Waals surface area contributed by atoms with Crippen LogP contribution in [0.4, 0.5) is 0 Å². The summed E-state index contributed by atoms with van der Waals surface area (Å²) in [5.41, 5.74) is 1.22. The minimum Gasteiger partial charge on any atom is -0.339 e. The fourth-order valence-electron chi connectivity index (χ4n) is 1.34. The fourth-order valence-corrected chi connectivity index (χ4v) is 2.09. The van der Waals surface area contributed by atoms with Crippen LogP contribution >= 0.6 is 11.3 Å². The molecule has 1 atom stereocenters. The largest absolute Gasteiger partial charge is 0.339 e. The van der Waals surface area contributed by atoms with Crippen LogP contribution < -0.4 is 5.32 Å². The van der Waals surface area contributed by atoms with Crippen molar-refractivity contribution in [1.29, 1.82) is 0 Å². The summed E-state index contributed by atoms with van der Waals surface area (Å²) < 4.78 is 5.21. The highest BCUT2D eigenvalue weighted by atomic mass is 32.1. The first-order valence-corrected chi connectivity index (χ1v) is 5.74. The Bertz CT molecular complexity index is 410. The number of aromatic nitrogens is 2. The van der Waals surface area contributed by atoms with Crippen molar-refractivity contribution < 1.29 is 4.52 Å². The van der Waals surface area contributed by atoms with E-state index in [9.17, 15) is 0 Å². The maximum absolute atomic E-state index is 5.21. The summed E-state index contributed by atoms with van der Waals surface area (Å²) in [4.78, 5) is 4.32. The lowest BCUT2D eigenvalue weighted by Crippen LogP contribution is -2.06. The van der Waals surface area contributed by atoms with Gasteiger partial charge in [-0.15, -0.1) is 0 Å². The van der Waals surface area contributed by atoms with Crippen LogP contribution in [0, 0.1) is 0 Å². The second kappa shape index (κ2) is 4.55. The number of thiophene rings is 1. The van der Waals surface area contributed by atoms with Crippen LogP contribution in [0.5, 0.6) is 0 Å². The van der Waals surface area contributed by atoms with E-state index < -0.39 is 0 Å². The van der Waals surface area contributed by atoms with Crippen molar-refractivity contribution >= 4 is 11.3 Å². The van der Waals surface area contributed by atoms with Gasteiger partial charge in [0.2, 0.25) is 5.89 Å². The number of rotatable bonds is 4. The topological polar surface area (TPSA) is 51.0 Å². The van der Waals surface area contributed by atoms with Gasteiger partial charge in [-0.05, 0) is 36.4 Å². The lowest BCUT2D eigenvalue weighted by molar-refractivity contribution is 0.365. The molecule has 0 bridgehead atoms. The molecule has 2 aromatic rings. The molecule has 80 valence electrons. The van der Waals surface area contributed by atoms with Gasteiger partial charge in [0.05, 0.1) is 12.5 Å². The number of nitrogens with zero attached hydrogens (tertiary/aromatic N) is 2. The van der Waals surface area contributed by atoms with E-state index in [4.69, 9.17) is 4.52 Å². The smallest absolute Gasteiger partial charge is 0.233 e. The van der Waals surface area contributed by atoms with Crippen molar-refractivity contribution in [3.8, 4) is 0 Å². The van der Waals surface area contributed by atoms with Crippen molar-refractivity contribution in [3.63, 3.8) is 0 Å². The van der Waals surface area contributed by atoms with Gasteiger partial charge in [0.25, 0.3) is 0 Å². The zero-order valence-electron chi connectivity index (χ0n) is 8.73. The van der Waals surface area contributed by atoms with E-state index in [1.165, 1.54) is 5.56 Å². The first-order valence-electron chi connectivity index (χ1n) is 4.80. The van der Waals surface area contributed by atoms with Crippen molar-refractivity contribution in [2.24, 2.45) is 0 Å². The lowest BCUT2D eigenvalue weighted by atomic mass is 10.1. The zero-order valence-corrected chi connectivity index (χ0v) is 9.54. The van der Waals surface area contributed by atoms with E-state index in [-0.39, 0.29) is 5.92 Å². The molecule has 0 fully saturated rings. The number of nitrogens with one attached hydrogen (secondary N) is 1. The molecule has 0 aliphatic rings. The number of hydrogen-bond acceptors (Lipinski definition) is 5. The standard InChI is InChI=1S/C10H13N3OS/c1-7(8-3-4-15-6-8)10-12-9(5-11-2)13-14-10/h3-4,6-7,11H,5H2,1-2H3. The highest BCUT2D eigenvalue weighted by Crippen LogP contribution is 2.24. The van der Waals surface area contributed by atoms with Crippen LogP contribution in [0.15, 0.2) is 21.3 Å². The maximum atomic E-state index is 5.21. The van der Waals surface area contributed by atoms with Crippen molar-refractivity contribution in [2.75, 3.05) is 7.05 Å². The molecule has 0 amide bonds. The van der Waals surface area contributed by atoms with Gasteiger partial charge in [0, 0.05) is 0 Å². The Morgan fingerprint density at radius 1 is 1.60 bits per heavy atom. The van der Waals surface area contributed by atoms with E-state index >= 15 is 0 Å². The normalized spacial score (nSPS) is 12.9. The van der Waals surface area contributed by atoms with Crippen LogP contribution in [0.1, 0.15) is 30.1 Å². The molecule has 1 N–H and O–H groups in total. The van der Waals surface area contributed by atoms with Gasteiger partial charge in [-0.1, -0.05) is 5.16 Å². The Labute approximate surface area is 92.3 Å². The van der Waals surface area contributed by atoms with Crippen molar-refractivity contribution in [3.05, 3.63) is 34.1 Å².